The number of hydrogen-bond donors (Lipinski definition) is 0. The molecule has 1 aliphatic heterocycles. The van der Waals surface area contributed by atoms with Gasteiger partial charge in [-0.1, -0.05) is 36.4 Å². The van der Waals surface area contributed by atoms with Crippen LogP contribution in [0.4, 0.5) is 13.2 Å². The lowest BCUT2D eigenvalue weighted by atomic mass is 10.0. The van der Waals surface area contributed by atoms with E-state index in [4.69, 9.17) is 0 Å². The minimum Gasteiger partial charge on any atom is -0.299 e. The lowest BCUT2D eigenvalue weighted by molar-refractivity contribution is -0.137. The molecule has 37 heavy (non-hydrogen) atoms. The molecule has 8 heteroatoms. The van der Waals surface area contributed by atoms with E-state index in [1.54, 1.807) is 6.20 Å². The Morgan fingerprint density at radius 3 is 2.68 bits per heavy atom. The number of pyridine rings is 1. The van der Waals surface area contributed by atoms with E-state index in [-0.39, 0.29) is 18.6 Å². The summed E-state index contributed by atoms with van der Waals surface area (Å²) in [4.78, 5) is 27.1. The largest absolute Gasteiger partial charge is 0.416 e. The summed E-state index contributed by atoms with van der Waals surface area (Å²) in [6, 6.07) is 16.8. The van der Waals surface area contributed by atoms with E-state index in [0.717, 1.165) is 50.8 Å². The van der Waals surface area contributed by atoms with Crippen molar-refractivity contribution in [1.29, 1.82) is 0 Å². The molecule has 0 amide bonds. The number of Topliss-reactive ketones (excluding diaryl/α,β-unsaturated/α-hetero) is 1. The van der Waals surface area contributed by atoms with Crippen LogP contribution in [0.3, 0.4) is 0 Å². The normalized spacial score (nSPS) is 13.1. The molecule has 186 valence electrons. The van der Waals surface area contributed by atoms with Crippen molar-refractivity contribution < 1.29 is 18.0 Å². The summed E-state index contributed by atoms with van der Waals surface area (Å²) in [6.07, 6.45) is 1.25. The molecular formula is C29H22F3N3OS. The molecular weight excluding hydrogens is 495 g/mol. The van der Waals surface area contributed by atoms with Crippen molar-refractivity contribution in [2.24, 2.45) is 4.99 Å². The number of allylic oxidation sites excluding steroid dienone is 1. The Morgan fingerprint density at radius 2 is 1.89 bits per heavy atom. The summed E-state index contributed by atoms with van der Waals surface area (Å²) >= 11 is 1.44. The highest BCUT2D eigenvalue weighted by Crippen LogP contribution is 2.34. The number of ketones is 1. The van der Waals surface area contributed by atoms with Crippen molar-refractivity contribution in [1.82, 2.24) is 9.97 Å². The number of benzene rings is 2. The van der Waals surface area contributed by atoms with E-state index >= 15 is 0 Å². The Hall–Kier alpha value is -3.91. The monoisotopic (exact) mass is 517 g/mol. The van der Waals surface area contributed by atoms with Gasteiger partial charge in [-0.15, -0.1) is 11.3 Å². The molecule has 0 spiro atoms. The van der Waals surface area contributed by atoms with Crippen molar-refractivity contribution in [3.8, 4) is 10.4 Å². The van der Waals surface area contributed by atoms with Gasteiger partial charge in [0.15, 0.2) is 0 Å². The molecule has 0 saturated carbocycles. The fourth-order valence-corrected chi connectivity index (χ4v) is 5.35. The van der Waals surface area contributed by atoms with Crippen LogP contribution in [0.1, 0.15) is 38.6 Å². The second-order valence-corrected chi connectivity index (χ2v) is 9.86. The summed E-state index contributed by atoms with van der Waals surface area (Å²) in [7, 11) is 0. The molecule has 1 aliphatic rings. The summed E-state index contributed by atoms with van der Waals surface area (Å²) in [5.41, 5.74) is 5.40. The molecule has 4 nitrogen and oxygen atoms in total. The third-order valence-corrected chi connectivity index (χ3v) is 7.21. The topological polar surface area (TPSA) is 55.2 Å². The fraction of sp³-hybridized carbons (Fsp3) is 0.172. The highest BCUT2D eigenvalue weighted by Gasteiger charge is 2.30. The predicted molar refractivity (Wildman–Crippen MR) is 140 cm³/mol. The second-order valence-electron chi connectivity index (χ2n) is 8.77. The first-order valence-electron chi connectivity index (χ1n) is 11.7. The van der Waals surface area contributed by atoms with Crippen molar-refractivity contribution in [3.63, 3.8) is 0 Å². The van der Waals surface area contributed by atoms with Gasteiger partial charge in [0.2, 0.25) is 0 Å². The average Bonchev–Trinajstić information content (AvgIpc) is 3.45. The zero-order valence-electron chi connectivity index (χ0n) is 19.9. The minimum absolute atomic E-state index is 0.0666. The number of rotatable bonds is 7. The van der Waals surface area contributed by atoms with Gasteiger partial charge in [0.25, 0.3) is 0 Å². The van der Waals surface area contributed by atoms with Gasteiger partial charge in [-0.05, 0) is 60.0 Å². The first-order valence-corrected chi connectivity index (χ1v) is 12.5. The maximum atomic E-state index is 13.0. The lowest BCUT2D eigenvalue weighted by Gasteiger charge is -2.08. The Kier molecular flexibility index (Phi) is 6.84. The van der Waals surface area contributed by atoms with Gasteiger partial charge < -0.3 is 0 Å². The third kappa shape index (κ3) is 5.75. The van der Waals surface area contributed by atoms with E-state index in [1.807, 2.05) is 43.3 Å². The van der Waals surface area contributed by atoms with Crippen LogP contribution in [0, 0.1) is 6.92 Å². The van der Waals surface area contributed by atoms with Crippen molar-refractivity contribution in [3.05, 3.63) is 112 Å². The number of alkyl halides is 3. The smallest absolute Gasteiger partial charge is 0.299 e. The van der Waals surface area contributed by atoms with Crippen molar-refractivity contribution >= 4 is 28.9 Å². The molecule has 2 aromatic carbocycles. The molecule has 3 heterocycles. The highest BCUT2D eigenvalue weighted by molar-refractivity contribution is 7.15. The quantitative estimate of drug-likeness (QED) is 0.268. The number of carbonyl (C=O) groups excluding carboxylic acids is 1. The van der Waals surface area contributed by atoms with Gasteiger partial charge in [0.05, 0.1) is 40.5 Å². The summed E-state index contributed by atoms with van der Waals surface area (Å²) in [6.45, 7) is 2.49. The first-order chi connectivity index (χ1) is 17.8. The van der Waals surface area contributed by atoms with E-state index in [1.165, 1.54) is 23.5 Å². The second kappa shape index (κ2) is 10.2. The van der Waals surface area contributed by atoms with Gasteiger partial charge in [0.1, 0.15) is 10.8 Å². The number of fused-ring (bicyclic) bond motifs is 1. The Balaban J connectivity index is 1.28. The number of aryl methyl sites for hydroxylation is 1. The fourth-order valence-electron chi connectivity index (χ4n) is 4.26. The van der Waals surface area contributed by atoms with Crippen LogP contribution in [-0.4, -0.2) is 21.5 Å². The lowest BCUT2D eigenvalue weighted by Crippen LogP contribution is -2.09. The zero-order valence-corrected chi connectivity index (χ0v) is 20.7. The number of nitrogens with zero attached hydrogens (tertiary/aromatic N) is 3. The molecule has 0 N–H and O–H groups in total. The Morgan fingerprint density at radius 1 is 1.03 bits per heavy atom. The summed E-state index contributed by atoms with van der Waals surface area (Å²) in [5.74, 6) is -0.175. The highest BCUT2D eigenvalue weighted by atomic mass is 32.1. The first kappa shape index (κ1) is 24.8. The van der Waals surface area contributed by atoms with E-state index in [9.17, 15) is 18.0 Å². The maximum absolute atomic E-state index is 13.0. The van der Waals surface area contributed by atoms with E-state index < -0.39 is 11.7 Å². The minimum atomic E-state index is -4.43. The number of aliphatic imine (C=N–C) groups is 1. The van der Waals surface area contributed by atoms with Crippen LogP contribution in [-0.2, 0) is 30.4 Å². The van der Waals surface area contributed by atoms with Gasteiger partial charge in [-0.2, -0.15) is 13.2 Å². The average molecular weight is 518 g/mol. The van der Waals surface area contributed by atoms with E-state index in [2.05, 4.69) is 27.1 Å². The molecule has 0 saturated heterocycles. The SMILES string of the molecule is Cc1nc(CC(=O)Cc2cccc(C(F)(F)F)c2)sc1-c1ccc2c(c1)CN=C2/C=C/c1ccccn1. The maximum Gasteiger partial charge on any atom is 0.416 e. The number of carbonyl (C=O) groups is 1. The third-order valence-electron chi connectivity index (χ3n) is 6.01. The molecule has 0 radical (unpaired) electrons. The number of halogens is 3. The molecule has 0 aliphatic carbocycles. The van der Waals surface area contributed by atoms with Crippen LogP contribution in [0.5, 0.6) is 0 Å². The summed E-state index contributed by atoms with van der Waals surface area (Å²) in [5, 5.41) is 0.653. The molecule has 4 aromatic rings. The zero-order chi connectivity index (χ0) is 26.0. The van der Waals surface area contributed by atoms with Gasteiger partial charge in [-0.25, -0.2) is 4.98 Å². The predicted octanol–water partition coefficient (Wildman–Crippen LogP) is 6.90. The van der Waals surface area contributed by atoms with E-state index in [0.29, 0.717) is 17.1 Å². The van der Waals surface area contributed by atoms with Crippen LogP contribution in [0.25, 0.3) is 16.5 Å². The number of aromatic nitrogens is 2. The van der Waals surface area contributed by atoms with Gasteiger partial charge in [-0.3, -0.25) is 14.8 Å². The van der Waals surface area contributed by atoms with Gasteiger partial charge >= 0.3 is 6.18 Å². The molecule has 0 unspecified atom stereocenters. The standard InChI is InChI=1S/C29H22F3N3OS/c1-18-28(37-27(35-18)16-24(36)14-19-5-4-6-22(13-19)29(30,31)32)20-8-10-25-21(15-20)17-34-26(25)11-9-23-7-2-3-12-33-23/h2-13,15H,14,16-17H2,1H3/b11-9+. The molecule has 5 rings (SSSR count). The number of hydrogen-bond acceptors (Lipinski definition) is 5. The molecule has 0 bridgehead atoms. The van der Waals surface area contributed by atoms with Gasteiger partial charge in [0, 0.05) is 18.2 Å². The molecule has 0 atom stereocenters. The van der Waals surface area contributed by atoms with Crippen molar-refractivity contribution in [2.75, 3.05) is 0 Å². The van der Waals surface area contributed by atoms with Crippen LogP contribution in [0.15, 0.2) is 77.9 Å². The van der Waals surface area contributed by atoms with Crippen LogP contribution < -0.4 is 0 Å². The summed E-state index contributed by atoms with van der Waals surface area (Å²) < 4.78 is 38.9. The number of thiazole rings is 1. The van der Waals surface area contributed by atoms with Crippen LogP contribution >= 0.6 is 11.3 Å². The Bertz CT molecular complexity index is 1520. The Labute approximate surface area is 216 Å². The molecule has 0 fully saturated rings. The van der Waals surface area contributed by atoms with Crippen molar-refractivity contribution in [2.45, 2.75) is 32.5 Å². The van der Waals surface area contributed by atoms with Crippen LogP contribution in [0.2, 0.25) is 0 Å². The molecule has 2 aromatic heterocycles.